The highest BCUT2D eigenvalue weighted by molar-refractivity contribution is 5.85. The zero-order valence-corrected chi connectivity index (χ0v) is 26.3. The van der Waals surface area contributed by atoms with Crippen LogP contribution in [0.1, 0.15) is 64.0 Å². The number of rotatable bonds is 20. The Hall–Kier alpha value is -3.38. The van der Waals surface area contributed by atoms with Gasteiger partial charge in [-0.1, -0.05) is 75.4 Å². The van der Waals surface area contributed by atoms with Crippen LogP contribution in [0.25, 0.3) is 0 Å². The molecule has 6 nitrogen and oxygen atoms in total. The second-order valence-corrected chi connectivity index (χ2v) is 11.4. The molecule has 0 fully saturated rings. The van der Waals surface area contributed by atoms with Gasteiger partial charge in [0.1, 0.15) is 17.9 Å². The van der Waals surface area contributed by atoms with Crippen LogP contribution >= 0.6 is 0 Å². The number of amides is 1. The van der Waals surface area contributed by atoms with Gasteiger partial charge in [-0.15, -0.1) is 13.2 Å². The van der Waals surface area contributed by atoms with Gasteiger partial charge >= 0.3 is 5.97 Å². The summed E-state index contributed by atoms with van der Waals surface area (Å²) >= 11 is 0. The van der Waals surface area contributed by atoms with Crippen LogP contribution in [0.4, 0.5) is 0 Å². The molecule has 1 amide bonds. The molecule has 0 bridgehead atoms. The van der Waals surface area contributed by atoms with E-state index in [1.54, 1.807) is 19.1 Å². The molecule has 6 heteroatoms. The van der Waals surface area contributed by atoms with Crippen LogP contribution in [0.2, 0.25) is 0 Å². The minimum Gasteiger partial charge on any atom is -0.497 e. The number of hydrogen-bond acceptors (Lipinski definition) is 5. The zero-order chi connectivity index (χ0) is 30.9. The molecule has 2 aromatic rings. The van der Waals surface area contributed by atoms with E-state index in [1.165, 1.54) is 0 Å². The Bertz CT molecular complexity index is 1080. The molecule has 5 atom stereocenters. The molecule has 0 unspecified atom stereocenters. The number of unbranched alkanes of at least 4 members (excludes halogenated alkanes) is 1. The van der Waals surface area contributed by atoms with Gasteiger partial charge in [-0.25, -0.2) is 4.79 Å². The lowest BCUT2D eigenvalue weighted by Crippen LogP contribution is -2.47. The van der Waals surface area contributed by atoms with Crippen molar-refractivity contribution in [2.75, 3.05) is 20.8 Å². The first-order valence-corrected chi connectivity index (χ1v) is 15.1. The van der Waals surface area contributed by atoms with Crippen molar-refractivity contribution in [3.8, 4) is 5.75 Å². The second kappa shape index (κ2) is 18.9. The standard InChI is InChI=1S/C36H51NO5/c1-8-27(3)23-29(5)35(38)37(6)34(25-30-15-11-10-12-16-30)36(39)42-33(24-28(4)9-2)17-13-14-22-41-26-31-18-20-32(40-7)21-19-31/h8-12,15-16,18-21,27-29,33-34H,1-2,13-14,17,22-26H2,3-7H3/t27-,28-,29-,33-,34+/m1/s1. The van der Waals surface area contributed by atoms with Crippen molar-refractivity contribution in [3.63, 3.8) is 0 Å². The summed E-state index contributed by atoms with van der Waals surface area (Å²) in [6, 6.07) is 16.9. The lowest BCUT2D eigenvalue weighted by molar-refractivity contribution is -0.160. The van der Waals surface area contributed by atoms with E-state index in [9.17, 15) is 9.59 Å². The van der Waals surface area contributed by atoms with Crippen LogP contribution in [0, 0.1) is 17.8 Å². The average Bonchev–Trinajstić information content (AvgIpc) is 3.01. The normalized spacial score (nSPS) is 14.6. The van der Waals surface area contributed by atoms with Gasteiger partial charge in [0.25, 0.3) is 0 Å². The molecule has 230 valence electrons. The SMILES string of the molecule is C=C[C@@H](C)C[C@@H](CCCCOCc1ccc(OC)cc1)OC(=O)[C@H](Cc1ccccc1)N(C)C(=O)[C@H](C)C[C@H](C)C=C. The quantitative estimate of drug-likeness (QED) is 0.0931. The van der Waals surface area contributed by atoms with Crippen LogP contribution in [0.3, 0.4) is 0 Å². The van der Waals surface area contributed by atoms with E-state index in [1.807, 2.05) is 80.6 Å². The molecule has 0 aliphatic heterocycles. The summed E-state index contributed by atoms with van der Waals surface area (Å²) in [6.07, 6.45) is 7.68. The molecular weight excluding hydrogens is 526 g/mol. The number of carbonyl (C=O) groups excluding carboxylic acids is 2. The molecule has 0 radical (unpaired) electrons. The fraction of sp³-hybridized carbons (Fsp3) is 0.500. The maximum absolute atomic E-state index is 13.7. The molecule has 0 heterocycles. The van der Waals surface area contributed by atoms with Crippen molar-refractivity contribution in [2.45, 2.75) is 78.0 Å². The Morgan fingerprint density at radius 3 is 2.14 bits per heavy atom. The van der Waals surface area contributed by atoms with E-state index in [4.69, 9.17) is 14.2 Å². The Morgan fingerprint density at radius 2 is 1.52 bits per heavy atom. The number of hydrogen-bond donors (Lipinski definition) is 0. The summed E-state index contributed by atoms with van der Waals surface area (Å²) < 4.78 is 17.2. The number of carbonyl (C=O) groups is 2. The molecular formula is C36H51NO5. The van der Waals surface area contributed by atoms with Gasteiger partial charge in [0.2, 0.25) is 5.91 Å². The molecule has 2 aromatic carbocycles. The van der Waals surface area contributed by atoms with Crippen molar-refractivity contribution in [2.24, 2.45) is 17.8 Å². The summed E-state index contributed by atoms with van der Waals surface area (Å²) in [6.45, 7) is 15.0. The van der Waals surface area contributed by atoms with E-state index in [0.29, 0.717) is 32.5 Å². The van der Waals surface area contributed by atoms with Crippen molar-refractivity contribution in [1.82, 2.24) is 4.90 Å². The molecule has 0 aromatic heterocycles. The van der Waals surface area contributed by atoms with Crippen molar-refractivity contribution in [1.29, 1.82) is 0 Å². The van der Waals surface area contributed by atoms with E-state index in [-0.39, 0.29) is 35.7 Å². The second-order valence-electron chi connectivity index (χ2n) is 11.4. The summed E-state index contributed by atoms with van der Waals surface area (Å²) in [7, 11) is 3.37. The van der Waals surface area contributed by atoms with Crippen LogP contribution < -0.4 is 4.74 Å². The lowest BCUT2D eigenvalue weighted by atomic mass is 9.95. The fourth-order valence-corrected chi connectivity index (χ4v) is 4.94. The maximum Gasteiger partial charge on any atom is 0.329 e. The zero-order valence-electron chi connectivity index (χ0n) is 26.3. The Morgan fingerprint density at radius 1 is 0.881 bits per heavy atom. The third-order valence-electron chi connectivity index (χ3n) is 7.72. The van der Waals surface area contributed by atoms with Crippen LogP contribution in [-0.4, -0.2) is 49.7 Å². The van der Waals surface area contributed by atoms with Crippen LogP contribution in [0.5, 0.6) is 5.75 Å². The number of nitrogens with zero attached hydrogens (tertiary/aromatic N) is 1. The van der Waals surface area contributed by atoms with Gasteiger partial charge in [0, 0.05) is 26.0 Å². The molecule has 0 saturated heterocycles. The molecule has 2 rings (SSSR count). The van der Waals surface area contributed by atoms with E-state index < -0.39 is 6.04 Å². The van der Waals surface area contributed by atoms with Gasteiger partial charge in [-0.05, 0) is 67.2 Å². The Balaban J connectivity index is 2.02. The molecule has 0 spiro atoms. The first-order valence-electron chi connectivity index (χ1n) is 15.1. The minimum atomic E-state index is -0.712. The third kappa shape index (κ3) is 12.2. The van der Waals surface area contributed by atoms with Crippen LogP contribution in [0.15, 0.2) is 79.9 Å². The Labute approximate surface area is 253 Å². The topological polar surface area (TPSA) is 65.1 Å². The van der Waals surface area contributed by atoms with E-state index in [0.717, 1.165) is 36.1 Å². The van der Waals surface area contributed by atoms with Crippen molar-refractivity contribution in [3.05, 3.63) is 91.0 Å². The summed E-state index contributed by atoms with van der Waals surface area (Å²) in [4.78, 5) is 28.7. The number of likely N-dealkylation sites (N-methyl/N-ethyl adjacent to an activating group) is 1. The van der Waals surface area contributed by atoms with Gasteiger partial charge < -0.3 is 19.1 Å². The van der Waals surface area contributed by atoms with E-state index in [2.05, 4.69) is 20.1 Å². The van der Waals surface area contributed by atoms with Crippen molar-refractivity contribution < 1.29 is 23.8 Å². The highest BCUT2D eigenvalue weighted by Gasteiger charge is 2.32. The molecule has 0 aliphatic rings. The lowest BCUT2D eigenvalue weighted by Gasteiger charge is -2.31. The number of ether oxygens (including phenoxy) is 3. The summed E-state index contributed by atoms with van der Waals surface area (Å²) in [5, 5.41) is 0. The molecule has 42 heavy (non-hydrogen) atoms. The smallest absolute Gasteiger partial charge is 0.329 e. The highest BCUT2D eigenvalue weighted by atomic mass is 16.5. The fourth-order valence-electron chi connectivity index (χ4n) is 4.94. The summed E-state index contributed by atoms with van der Waals surface area (Å²) in [5.41, 5.74) is 2.08. The third-order valence-corrected chi connectivity index (χ3v) is 7.72. The minimum absolute atomic E-state index is 0.0633. The first kappa shape index (κ1) is 34.8. The predicted octanol–water partition coefficient (Wildman–Crippen LogP) is 7.42. The maximum atomic E-state index is 13.7. The molecule has 0 N–H and O–H groups in total. The number of allylic oxidation sites excluding steroid dienone is 2. The largest absolute Gasteiger partial charge is 0.497 e. The molecule has 0 saturated carbocycles. The predicted molar refractivity (Wildman–Crippen MR) is 170 cm³/mol. The monoisotopic (exact) mass is 577 g/mol. The molecule has 0 aliphatic carbocycles. The first-order chi connectivity index (χ1) is 20.2. The van der Waals surface area contributed by atoms with Gasteiger partial charge in [0.05, 0.1) is 13.7 Å². The van der Waals surface area contributed by atoms with Gasteiger partial charge in [-0.3, -0.25) is 4.79 Å². The van der Waals surface area contributed by atoms with Gasteiger partial charge in [-0.2, -0.15) is 0 Å². The van der Waals surface area contributed by atoms with Crippen LogP contribution in [-0.2, 0) is 32.1 Å². The van der Waals surface area contributed by atoms with Crippen molar-refractivity contribution >= 4 is 11.9 Å². The van der Waals surface area contributed by atoms with Gasteiger partial charge in [0.15, 0.2) is 0 Å². The Kier molecular flexibility index (Phi) is 15.7. The number of benzene rings is 2. The summed E-state index contributed by atoms with van der Waals surface area (Å²) in [5.74, 6) is 0.570. The highest BCUT2D eigenvalue weighted by Crippen LogP contribution is 2.22. The van der Waals surface area contributed by atoms with E-state index >= 15 is 0 Å². The average molecular weight is 578 g/mol. The number of esters is 1. The number of methoxy groups -OCH3 is 1.